The monoisotopic (exact) mass is 335 g/mol. The molecule has 20 heavy (non-hydrogen) atoms. The first-order valence-electron chi connectivity index (χ1n) is 7.29. The van der Waals surface area contributed by atoms with Crippen molar-refractivity contribution in [2.75, 3.05) is 13.2 Å². The van der Waals surface area contributed by atoms with Gasteiger partial charge in [0, 0.05) is 12.6 Å². The Balaban J connectivity index is 1.95. The molecule has 1 N–H and O–H groups in total. The fraction of sp³-hybridized carbons (Fsp3) is 0.412. The van der Waals surface area contributed by atoms with Crippen LogP contribution < -0.4 is 10.1 Å². The van der Waals surface area contributed by atoms with Gasteiger partial charge in [-0.1, -0.05) is 44.2 Å². The van der Waals surface area contributed by atoms with E-state index in [2.05, 4.69) is 59.4 Å². The van der Waals surface area contributed by atoms with Gasteiger partial charge in [-0.05, 0) is 45.6 Å². The minimum atomic E-state index is 0.596. The molecule has 2 aromatic carbocycles. The molecule has 0 atom stereocenters. The van der Waals surface area contributed by atoms with Crippen LogP contribution in [-0.2, 0) is 0 Å². The fourth-order valence-corrected chi connectivity index (χ4v) is 2.93. The molecule has 0 bridgehead atoms. The number of benzene rings is 2. The molecule has 2 aromatic rings. The van der Waals surface area contributed by atoms with Crippen molar-refractivity contribution in [3.8, 4) is 5.75 Å². The maximum Gasteiger partial charge on any atom is 0.134 e. The Labute approximate surface area is 129 Å². The summed E-state index contributed by atoms with van der Waals surface area (Å²) in [7, 11) is 0. The van der Waals surface area contributed by atoms with Gasteiger partial charge in [-0.3, -0.25) is 0 Å². The molecule has 0 radical (unpaired) electrons. The highest BCUT2D eigenvalue weighted by Crippen LogP contribution is 2.32. The van der Waals surface area contributed by atoms with Crippen LogP contribution in [0.15, 0.2) is 40.9 Å². The molecule has 0 amide bonds. The van der Waals surface area contributed by atoms with Crippen LogP contribution in [-0.4, -0.2) is 19.2 Å². The van der Waals surface area contributed by atoms with Crippen LogP contribution >= 0.6 is 15.9 Å². The molecule has 2 rings (SSSR count). The Morgan fingerprint density at radius 2 is 1.85 bits per heavy atom. The Bertz CT molecular complexity index is 552. The second kappa shape index (κ2) is 7.65. The summed E-state index contributed by atoms with van der Waals surface area (Å²) >= 11 is 3.64. The summed E-state index contributed by atoms with van der Waals surface area (Å²) in [5, 5.41) is 5.92. The molecule has 3 heteroatoms. The van der Waals surface area contributed by atoms with Gasteiger partial charge in [0.25, 0.3) is 0 Å². The maximum absolute atomic E-state index is 5.87. The van der Waals surface area contributed by atoms with Gasteiger partial charge in [-0.15, -0.1) is 0 Å². The summed E-state index contributed by atoms with van der Waals surface area (Å²) in [6.45, 7) is 5.99. The zero-order chi connectivity index (χ0) is 14.4. The summed E-state index contributed by atoms with van der Waals surface area (Å²) < 4.78 is 6.91. The SMILES string of the molecule is CCC(CC)NCCOc1ccc2ccccc2c1Br. The van der Waals surface area contributed by atoms with Crippen LogP contribution in [0.1, 0.15) is 26.7 Å². The van der Waals surface area contributed by atoms with E-state index >= 15 is 0 Å². The van der Waals surface area contributed by atoms with Crippen molar-refractivity contribution in [3.63, 3.8) is 0 Å². The van der Waals surface area contributed by atoms with Gasteiger partial charge in [0.05, 0.1) is 4.47 Å². The number of hydrogen-bond donors (Lipinski definition) is 1. The lowest BCUT2D eigenvalue weighted by Gasteiger charge is -2.15. The molecule has 108 valence electrons. The Morgan fingerprint density at radius 3 is 2.60 bits per heavy atom. The minimum Gasteiger partial charge on any atom is -0.491 e. The van der Waals surface area contributed by atoms with Crippen molar-refractivity contribution in [1.29, 1.82) is 0 Å². The van der Waals surface area contributed by atoms with Crippen LogP contribution in [0.5, 0.6) is 5.75 Å². The van der Waals surface area contributed by atoms with Gasteiger partial charge in [0.1, 0.15) is 12.4 Å². The molecule has 0 aliphatic rings. The van der Waals surface area contributed by atoms with Gasteiger partial charge >= 0.3 is 0 Å². The van der Waals surface area contributed by atoms with E-state index in [4.69, 9.17) is 4.74 Å². The minimum absolute atomic E-state index is 0.596. The zero-order valence-corrected chi connectivity index (χ0v) is 13.7. The van der Waals surface area contributed by atoms with Crippen LogP contribution in [0.25, 0.3) is 10.8 Å². The lowest BCUT2D eigenvalue weighted by molar-refractivity contribution is 0.301. The predicted molar refractivity (Wildman–Crippen MR) is 89.5 cm³/mol. The van der Waals surface area contributed by atoms with Crippen molar-refractivity contribution in [1.82, 2.24) is 5.32 Å². The zero-order valence-electron chi connectivity index (χ0n) is 12.2. The van der Waals surface area contributed by atoms with Crippen molar-refractivity contribution in [2.24, 2.45) is 0 Å². The molecule has 0 fully saturated rings. The molecular formula is C17H22BrNO. The molecular weight excluding hydrogens is 314 g/mol. The normalized spacial score (nSPS) is 11.2. The van der Waals surface area contributed by atoms with E-state index in [1.165, 1.54) is 10.8 Å². The molecule has 0 saturated carbocycles. The quantitative estimate of drug-likeness (QED) is 0.736. The van der Waals surface area contributed by atoms with Gasteiger partial charge < -0.3 is 10.1 Å². The molecule has 0 saturated heterocycles. The first-order valence-corrected chi connectivity index (χ1v) is 8.09. The predicted octanol–water partition coefficient (Wildman–Crippen LogP) is 4.76. The van der Waals surface area contributed by atoms with E-state index in [1.54, 1.807) is 0 Å². The molecule has 0 aliphatic carbocycles. The van der Waals surface area contributed by atoms with Crippen molar-refractivity contribution in [2.45, 2.75) is 32.7 Å². The van der Waals surface area contributed by atoms with Gasteiger partial charge in [0.2, 0.25) is 0 Å². The van der Waals surface area contributed by atoms with E-state index < -0.39 is 0 Å². The largest absolute Gasteiger partial charge is 0.491 e. The fourth-order valence-electron chi connectivity index (χ4n) is 2.33. The molecule has 0 spiro atoms. The smallest absolute Gasteiger partial charge is 0.134 e. The molecule has 0 aromatic heterocycles. The van der Waals surface area contributed by atoms with E-state index in [0.29, 0.717) is 12.6 Å². The highest BCUT2D eigenvalue weighted by molar-refractivity contribution is 9.10. The van der Waals surface area contributed by atoms with E-state index in [1.807, 2.05) is 12.1 Å². The highest BCUT2D eigenvalue weighted by atomic mass is 79.9. The number of halogens is 1. The lowest BCUT2D eigenvalue weighted by atomic mass is 10.1. The standard InChI is InChI=1S/C17H22BrNO/c1-3-14(4-2)19-11-12-20-16-10-9-13-7-5-6-8-15(13)17(16)18/h5-10,14,19H,3-4,11-12H2,1-2H3. The number of hydrogen-bond acceptors (Lipinski definition) is 2. The third-order valence-corrected chi connectivity index (χ3v) is 4.42. The number of ether oxygens (including phenoxy) is 1. The number of fused-ring (bicyclic) bond motifs is 1. The van der Waals surface area contributed by atoms with Crippen molar-refractivity contribution < 1.29 is 4.74 Å². The first-order chi connectivity index (χ1) is 9.76. The third-order valence-electron chi connectivity index (χ3n) is 3.61. The molecule has 2 nitrogen and oxygen atoms in total. The first kappa shape index (κ1) is 15.3. The Hall–Kier alpha value is -1.06. The van der Waals surface area contributed by atoms with E-state index in [0.717, 1.165) is 29.6 Å². The summed E-state index contributed by atoms with van der Waals surface area (Å²) in [6.07, 6.45) is 2.33. The van der Waals surface area contributed by atoms with Gasteiger partial charge in [0.15, 0.2) is 0 Å². The summed E-state index contributed by atoms with van der Waals surface area (Å²) in [4.78, 5) is 0. The number of rotatable bonds is 7. The van der Waals surface area contributed by atoms with E-state index in [-0.39, 0.29) is 0 Å². The second-order valence-corrected chi connectivity index (χ2v) is 5.71. The molecule has 0 aliphatic heterocycles. The summed E-state index contributed by atoms with van der Waals surface area (Å²) in [5.74, 6) is 0.912. The second-order valence-electron chi connectivity index (χ2n) is 4.91. The Kier molecular flexibility index (Phi) is 5.86. The van der Waals surface area contributed by atoms with Crippen LogP contribution in [0, 0.1) is 0 Å². The summed E-state index contributed by atoms with van der Waals surface area (Å²) in [5.41, 5.74) is 0. The van der Waals surface area contributed by atoms with Crippen molar-refractivity contribution in [3.05, 3.63) is 40.9 Å². The molecule has 0 heterocycles. The van der Waals surface area contributed by atoms with Gasteiger partial charge in [-0.2, -0.15) is 0 Å². The van der Waals surface area contributed by atoms with Crippen LogP contribution in [0.2, 0.25) is 0 Å². The Morgan fingerprint density at radius 1 is 1.10 bits per heavy atom. The maximum atomic E-state index is 5.87. The van der Waals surface area contributed by atoms with Gasteiger partial charge in [-0.25, -0.2) is 0 Å². The average molecular weight is 336 g/mol. The average Bonchev–Trinajstić information content (AvgIpc) is 2.50. The number of nitrogens with one attached hydrogen (secondary N) is 1. The highest BCUT2D eigenvalue weighted by Gasteiger charge is 2.06. The molecule has 0 unspecified atom stereocenters. The van der Waals surface area contributed by atoms with Crippen LogP contribution in [0.4, 0.5) is 0 Å². The lowest BCUT2D eigenvalue weighted by Crippen LogP contribution is -2.31. The summed E-state index contributed by atoms with van der Waals surface area (Å²) in [6, 6.07) is 13.0. The van der Waals surface area contributed by atoms with Crippen molar-refractivity contribution >= 4 is 26.7 Å². The van der Waals surface area contributed by atoms with Crippen LogP contribution in [0.3, 0.4) is 0 Å². The third kappa shape index (κ3) is 3.74. The topological polar surface area (TPSA) is 21.3 Å². The van der Waals surface area contributed by atoms with E-state index in [9.17, 15) is 0 Å².